The summed E-state index contributed by atoms with van der Waals surface area (Å²) in [7, 11) is 0. The third kappa shape index (κ3) is 1.71. The third-order valence-corrected chi connectivity index (χ3v) is 4.34. The molecule has 2 aliphatic rings. The quantitative estimate of drug-likeness (QED) is 0.713. The lowest BCUT2D eigenvalue weighted by atomic mass is 9.87. The van der Waals surface area contributed by atoms with Crippen LogP contribution in [0.1, 0.15) is 68.1 Å². The predicted octanol–water partition coefficient (Wildman–Crippen LogP) is 3.82. The van der Waals surface area contributed by atoms with Gasteiger partial charge < -0.3 is 0 Å². The maximum atomic E-state index is 4.97. The second-order valence-corrected chi connectivity index (χ2v) is 6.90. The number of aromatic nitrogens is 1. The summed E-state index contributed by atoms with van der Waals surface area (Å²) in [6, 6.07) is 0. The molecule has 0 radical (unpaired) electrons. The molecule has 0 amide bonds. The van der Waals surface area contributed by atoms with Gasteiger partial charge in [-0.1, -0.05) is 27.7 Å². The number of hydrogen-bond donors (Lipinski definition) is 0. The van der Waals surface area contributed by atoms with E-state index in [0.29, 0.717) is 11.3 Å². The molecule has 17 heavy (non-hydrogen) atoms. The molecule has 1 heterocycles. The first-order valence-corrected chi connectivity index (χ1v) is 7.01. The zero-order chi connectivity index (χ0) is 12.2. The summed E-state index contributed by atoms with van der Waals surface area (Å²) < 4.78 is 0. The Hall–Kier alpha value is -0.850. The van der Waals surface area contributed by atoms with Crippen LogP contribution in [0, 0.1) is 5.41 Å². The molecule has 0 aromatic carbocycles. The summed E-state index contributed by atoms with van der Waals surface area (Å²) in [6.07, 6.45) is 6.20. The first-order valence-electron chi connectivity index (χ1n) is 7.01. The Kier molecular flexibility index (Phi) is 2.36. The summed E-state index contributed by atoms with van der Waals surface area (Å²) in [5.74, 6) is 0.660. The molecule has 92 valence electrons. The largest absolute Gasteiger partial charge is 0.257 e. The molecule has 0 unspecified atom stereocenters. The van der Waals surface area contributed by atoms with Crippen molar-refractivity contribution < 1.29 is 0 Å². The van der Waals surface area contributed by atoms with E-state index in [1.54, 1.807) is 16.7 Å². The van der Waals surface area contributed by atoms with E-state index in [1.807, 2.05) is 0 Å². The molecule has 0 aliphatic heterocycles. The van der Waals surface area contributed by atoms with Gasteiger partial charge in [0, 0.05) is 11.4 Å². The smallest absolute Gasteiger partial charge is 0.0447 e. The highest BCUT2D eigenvalue weighted by atomic mass is 14.8. The van der Waals surface area contributed by atoms with E-state index in [2.05, 4.69) is 27.7 Å². The second kappa shape index (κ2) is 3.57. The monoisotopic (exact) mass is 229 g/mol. The minimum absolute atomic E-state index is 0.425. The van der Waals surface area contributed by atoms with Crippen LogP contribution in [0.4, 0.5) is 0 Å². The first-order chi connectivity index (χ1) is 7.98. The van der Waals surface area contributed by atoms with Gasteiger partial charge in [0.15, 0.2) is 0 Å². The molecule has 0 saturated heterocycles. The lowest BCUT2D eigenvalue weighted by molar-refractivity contribution is 0.390. The van der Waals surface area contributed by atoms with Gasteiger partial charge in [0.2, 0.25) is 0 Å². The molecule has 0 spiro atoms. The maximum Gasteiger partial charge on any atom is 0.0447 e. The molecule has 0 atom stereocenters. The highest BCUT2D eigenvalue weighted by molar-refractivity contribution is 5.47. The Bertz CT molecular complexity index is 469. The normalized spacial score (nSPS) is 20.8. The van der Waals surface area contributed by atoms with Crippen LogP contribution in [-0.2, 0) is 25.7 Å². The lowest BCUT2D eigenvalue weighted by Crippen LogP contribution is -2.10. The molecule has 3 rings (SSSR count). The molecule has 0 N–H and O–H groups in total. The van der Waals surface area contributed by atoms with Gasteiger partial charge in [-0.2, -0.15) is 0 Å². The van der Waals surface area contributed by atoms with Gasteiger partial charge in [0.1, 0.15) is 0 Å². The first kappa shape index (κ1) is 11.3. The van der Waals surface area contributed by atoms with E-state index in [1.165, 1.54) is 43.5 Å². The van der Waals surface area contributed by atoms with E-state index >= 15 is 0 Å². The van der Waals surface area contributed by atoms with Crippen LogP contribution in [0.15, 0.2) is 0 Å². The SMILES string of the molecule is CC(C)c1c2c(nc3c1CC(C)(C)C3)CCC2. The number of aryl methyl sites for hydroxylation is 1. The zero-order valence-electron chi connectivity index (χ0n) is 11.6. The third-order valence-electron chi connectivity index (χ3n) is 4.34. The van der Waals surface area contributed by atoms with Crippen LogP contribution in [0.25, 0.3) is 0 Å². The topological polar surface area (TPSA) is 12.9 Å². The lowest BCUT2D eigenvalue weighted by Gasteiger charge is -2.18. The molecule has 1 aromatic rings. The van der Waals surface area contributed by atoms with Gasteiger partial charge in [-0.3, -0.25) is 4.98 Å². The Morgan fingerprint density at radius 1 is 1.00 bits per heavy atom. The number of rotatable bonds is 1. The van der Waals surface area contributed by atoms with Crippen molar-refractivity contribution in [1.82, 2.24) is 4.98 Å². The average molecular weight is 229 g/mol. The molecule has 1 aromatic heterocycles. The van der Waals surface area contributed by atoms with Crippen molar-refractivity contribution in [2.24, 2.45) is 5.41 Å². The highest BCUT2D eigenvalue weighted by Crippen LogP contribution is 2.42. The van der Waals surface area contributed by atoms with Crippen molar-refractivity contribution in [2.75, 3.05) is 0 Å². The number of nitrogens with zero attached hydrogens (tertiary/aromatic N) is 1. The van der Waals surface area contributed by atoms with Crippen LogP contribution in [0.3, 0.4) is 0 Å². The van der Waals surface area contributed by atoms with Gasteiger partial charge in [-0.25, -0.2) is 0 Å². The van der Waals surface area contributed by atoms with Crippen LogP contribution in [-0.4, -0.2) is 4.98 Å². The van der Waals surface area contributed by atoms with Crippen LogP contribution < -0.4 is 0 Å². The Morgan fingerprint density at radius 2 is 1.76 bits per heavy atom. The predicted molar refractivity (Wildman–Crippen MR) is 71.5 cm³/mol. The Morgan fingerprint density at radius 3 is 2.47 bits per heavy atom. The molecular weight excluding hydrogens is 206 g/mol. The van der Waals surface area contributed by atoms with Gasteiger partial charge in [0.05, 0.1) is 0 Å². The van der Waals surface area contributed by atoms with Crippen molar-refractivity contribution in [3.8, 4) is 0 Å². The van der Waals surface area contributed by atoms with E-state index in [9.17, 15) is 0 Å². The minimum atomic E-state index is 0.425. The summed E-state index contributed by atoms with van der Waals surface area (Å²) in [5, 5.41) is 0. The Labute approximate surface area is 105 Å². The van der Waals surface area contributed by atoms with Gasteiger partial charge in [-0.05, 0) is 60.1 Å². The van der Waals surface area contributed by atoms with Gasteiger partial charge >= 0.3 is 0 Å². The fourth-order valence-corrected chi connectivity index (χ4v) is 3.74. The summed E-state index contributed by atoms with van der Waals surface area (Å²) in [6.45, 7) is 9.45. The summed E-state index contributed by atoms with van der Waals surface area (Å²) in [4.78, 5) is 4.97. The minimum Gasteiger partial charge on any atom is -0.257 e. The maximum absolute atomic E-state index is 4.97. The van der Waals surface area contributed by atoms with Gasteiger partial charge in [0.25, 0.3) is 0 Å². The van der Waals surface area contributed by atoms with Crippen LogP contribution in [0.2, 0.25) is 0 Å². The Balaban J connectivity index is 2.20. The van der Waals surface area contributed by atoms with E-state index in [4.69, 9.17) is 4.98 Å². The standard InChI is InChI=1S/C16H23N/c1-10(2)15-11-6-5-7-13(11)17-14-9-16(3,4)8-12(14)15/h10H,5-9H2,1-4H3. The molecule has 1 heteroatoms. The molecule has 1 nitrogen and oxygen atoms in total. The van der Waals surface area contributed by atoms with E-state index in [-0.39, 0.29) is 0 Å². The summed E-state index contributed by atoms with van der Waals surface area (Å²) >= 11 is 0. The van der Waals surface area contributed by atoms with Crippen molar-refractivity contribution >= 4 is 0 Å². The van der Waals surface area contributed by atoms with E-state index in [0.717, 1.165) is 0 Å². The fraction of sp³-hybridized carbons (Fsp3) is 0.688. The summed E-state index contributed by atoms with van der Waals surface area (Å²) in [5.41, 5.74) is 8.13. The molecule has 0 bridgehead atoms. The molecular formula is C16H23N. The number of pyridine rings is 1. The molecule has 2 aliphatic carbocycles. The average Bonchev–Trinajstić information content (AvgIpc) is 2.74. The second-order valence-electron chi connectivity index (χ2n) is 6.90. The van der Waals surface area contributed by atoms with Crippen molar-refractivity contribution in [3.05, 3.63) is 28.1 Å². The van der Waals surface area contributed by atoms with Gasteiger partial charge in [-0.15, -0.1) is 0 Å². The number of hydrogen-bond acceptors (Lipinski definition) is 1. The fourth-order valence-electron chi connectivity index (χ4n) is 3.74. The van der Waals surface area contributed by atoms with Crippen molar-refractivity contribution in [3.63, 3.8) is 0 Å². The number of fused-ring (bicyclic) bond motifs is 2. The molecule has 0 fully saturated rings. The van der Waals surface area contributed by atoms with Crippen molar-refractivity contribution in [2.45, 2.75) is 65.7 Å². The van der Waals surface area contributed by atoms with Crippen LogP contribution in [0.5, 0.6) is 0 Å². The zero-order valence-corrected chi connectivity index (χ0v) is 11.6. The van der Waals surface area contributed by atoms with Crippen molar-refractivity contribution in [1.29, 1.82) is 0 Å². The van der Waals surface area contributed by atoms with Crippen LogP contribution >= 0.6 is 0 Å². The van der Waals surface area contributed by atoms with E-state index < -0.39 is 0 Å². The molecule has 0 saturated carbocycles. The highest BCUT2D eigenvalue weighted by Gasteiger charge is 2.34.